The molecule has 4 nitrogen and oxygen atoms in total. The summed E-state index contributed by atoms with van der Waals surface area (Å²) in [7, 11) is 1.95. The molecule has 0 radical (unpaired) electrons. The van der Waals surface area contributed by atoms with Crippen molar-refractivity contribution in [2.45, 2.75) is 40.3 Å². The van der Waals surface area contributed by atoms with Crippen molar-refractivity contribution in [3.05, 3.63) is 46.8 Å². The van der Waals surface area contributed by atoms with Gasteiger partial charge in [0.2, 0.25) is 0 Å². The number of hydrogen-bond acceptors (Lipinski definition) is 3. The molecule has 0 saturated carbocycles. The molecule has 0 aliphatic rings. The molecule has 1 N–H and O–H groups in total. The van der Waals surface area contributed by atoms with Gasteiger partial charge in [-0.25, -0.2) is 0 Å². The SMILES string of the molecule is CCCNCc1cccc(C)c1OCc1cc(C)nn1C. The molecule has 0 amide bonds. The number of rotatable bonds is 7. The molecule has 0 spiro atoms. The van der Waals surface area contributed by atoms with E-state index in [1.165, 1.54) is 11.1 Å². The van der Waals surface area contributed by atoms with E-state index < -0.39 is 0 Å². The van der Waals surface area contributed by atoms with Gasteiger partial charge in [-0.15, -0.1) is 0 Å². The molecule has 1 aromatic heterocycles. The van der Waals surface area contributed by atoms with Gasteiger partial charge >= 0.3 is 0 Å². The highest BCUT2D eigenvalue weighted by Gasteiger charge is 2.09. The molecule has 0 saturated heterocycles. The Morgan fingerprint density at radius 1 is 1.29 bits per heavy atom. The molecule has 0 aliphatic carbocycles. The van der Waals surface area contributed by atoms with E-state index in [0.717, 1.165) is 36.6 Å². The number of aryl methyl sites for hydroxylation is 3. The lowest BCUT2D eigenvalue weighted by molar-refractivity contribution is 0.289. The third-order valence-electron chi connectivity index (χ3n) is 3.50. The zero-order valence-electron chi connectivity index (χ0n) is 13.4. The van der Waals surface area contributed by atoms with Crippen LogP contribution in [-0.4, -0.2) is 16.3 Å². The first-order valence-corrected chi connectivity index (χ1v) is 7.53. The average molecular weight is 287 g/mol. The van der Waals surface area contributed by atoms with Crippen molar-refractivity contribution in [1.82, 2.24) is 15.1 Å². The lowest BCUT2D eigenvalue weighted by Crippen LogP contribution is -2.15. The molecule has 4 heteroatoms. The van der Waals surface area contributed by atoms with E-state index in [1.807, 2.05) is 18.7 Å². The standard InChI is InChI=1S/C17H25N3O/c1-5-9-18-11-15-8-6-7-13(2)17(15)21-12-16-10-14(3)19-20(16)4/h6-8,10,18H,5,9,11-12H2,1-4H3. The highest BCUT2D eigenvalue weighted by atomic mass is 16.5. The molecule has 0 atom stereocenters. The van der Waals surface area contributed by atoms with Gasteiger partial charge in [-0.1, -0.05) is 25.1 Å². The Balaban J connectivity index is 2.09. The molecule has 0 unspecified atom stereocenters. The molecule has 0 aliphatic heterocycles. The van der Waals surface area contributed by atoms with Gasteiger partial charge in [-0.3, -0.25) is 4.68 Å². The van der Waals surface area contributed by atoms with Crippen LogP contribution in [0.15, 0.2) is 24.3 Å². The van der Waals surface area contributed by atoms with Gasteiger partial charge in [-0.05, 0) is 38.4 Å². The van der Waals surface area contributed by atoms with Gasteiger partial charge < -0.3 is 10.1 Å². The van der Waals surface area contributed by atoms with Gasteiger partial charge in [0.15, 0.2) is 0 Å². The minimum absolute atomic E-state index is 0.545. The van der Waals surface area contributed by atoms with Crippen LogP contribution in [0.5, 0.6) is 5.75 Å². The summed E-state index contributed by atoms with van der Waals surface area (Å²) in [5.74, 6) is 0.986. The number of benzene rings is 1. The first-order chi connectivity index (χ1) is 10.1. The molecular weight excluding hydrogens is 262 g/mol. The van der Waals surface area contributed by atoms with E-state index in [-0.39, 0.29) is 0 Å². The van der Waals surface area contributed by atoms with Crippen LogP contribution in [0.3, 0.4) is 0 Å². The van der Waals surface area contributed by atoms with Crippen molar-refractivity contribution < 1.29 is 4.74 Å². The molecule has 0 fully saturated rings. The Morgan fingerprint density at radius 2 is 2.10 bits per heavy atom. The topological polar surface area (TPSA) is 39.1 Å². The summed E-state index contributed by atoms with van der Waals surface area (Å²) in [5.41, 5.74) is 4.49. The van der Waals surface area contributed by atoms with E-state index in [1.54, 1.807) is 0 Å². The smallest absolute Gasteiger partial charge is 0.130 e. The molecule has 0 bridgehead atoms. The normalized spacial score (nSPS) is 10.9. The van der Waals surface area contributed by atoms with Crippen LogP contribution in [0, 0.1) is 13.8 Å². The molecular formula is C17H25N3O. The van der Waals surface area contributed by atoms with Gasteiger partial charge in [-0.2, -0.15) is 5.10 Å². The fraction of sp³-hybridized carbons (Fsp3) is 0.471. The third-order valence-corrected chi connectivity index (χ3v) is 3.50. The molecule has 1 heterocycles. The quantitative estimate of drug-likeness (QED) is 0.795. The summed E-state index contributed by atoms with van der Waals surface area (Å²) in [5, 5.41) is 7.79. The summed E-state index contributed by atoms with van der Waals surface area (Å²) < 4.78 is 7.96. The summed E-state index contributed by atoms with van der Waals surface area (Å²) >= 11 is 0. The van der Waals surface area contributed by atoms with Crippen molar-refractivity contribution in [2.24, 2.45) is 7.05 Å². The predicted octanol–water partition coefficient (Wildman–Crippen LogP) is 3.12. The highest BCUT2D eigenvalue weighted by molar-refractivity contribution is 5.40. The number of nitrogens with one attached hydrogen (secondary N) is 1. The number of aromatic nitrogens is 2. The molecule has 114 valence electrons. The van der Waals surface area contributed by atoms with E-state index in [2.05, 4.69) is 48.5 Å². The summed E-state index contributed by atoms with van der Waals surface area (Å²) in [6.45, 7) is 8.67. The van der Waals surface area contributed by atoms with Crippen LogP contribution >= 0.6 is 0 Å². The van der Waals surface area contributed by atoms with Gasteiger partial charge in [0.05, 0.1) is 11.4 Å². The van der Waals surface area contributed by atoms with Crippen LogP contribution in [0.4, 0.5) is 0 Å². The van der Waals surface area contributed by atoms with Crippen LogP contribution in [-0.2, 0) is 20.2 Å². The molecule has 2 aromatic rings. The Hall–Kier alpha value is -1.81. The summed E-state index contributed by atoms with van der Waals surface area (Å²) in [4.78, 5) is 0. The molecule has 2 rings (SSSR count). The lowest BCUT2D eigenvalue weighted by atomic mass is 10.1. The Kier molecular flexibility index (Phi) is 5.39. The Labute approximate surface area is 127 Å². The van der Waals surface area contributed by atoms with Crippen molar-refractivity contribution in [3.63, 3.8) is 0 Å². The second kappa shape index (κ2) is 7.27. The summed E-state index contributed by atoms with van der Waals surface area (Å²) in [6.07, 6.45) is 1.14. The second-order valence-electron chi connectivity index (χ2n) is 5.43. The minimum Gasteiger partial charge on any atom is -0.487 e. The van der Waals surface area contributed by atoms with Gasteiger partial charge in [0.1, 0.15) is 12.4 Å². The first-order valence-electron chi connectivity index (χ1n) is 7.53. The van der Waals surface area contributed by atoms with E-state index in [4.69, 9.17) is 4.74 Å². The second-order valence-corrected chi connectivity index (χ2v) is 5.43. The fourth-order valence-electron chi connectivity index (χ4n) is 2.40. The predicted molar refractivity (Wildman–Crippen MR) is 85.5 cm³/mol. The van der Waals surface area contributed by atoms with E-state index in [9.17, 15) is 0 Å². The fourth-order valence-corrected chi connectivity index (χ4v) is 2.40. The zero-order valence-corrected chi connectivity index (χ0v) is 13.4. The number of ether oxygens (including phenoxy) is 1. The monoisotopic (exact) mass is 287 g/mol. The van der Waals surface area contributed by atoms with Crippen LogP contribution < -0.4 is 10.1 Å². The van der Waals surface area contributed by atoms with Crippen molar-refractivity contribution in [2.75, 3.05) is 6.54 Å². The third kappa shape index (κ3) is 4.08. The first kappa shape index (κ1) is 15.6. The number of para-hydroxylation sites is 1. The minimum atomic E-state index is 0.545. The molecule has 1 aromatic carbocycles. The van der Waals surface area contributed by atoms with Crippen molar-refractivity contribution in [3.8, 4) is 5.75 Å². The summed E-state index contributed by atoms with van der Waals surface area (Å²) in [6, 6.07) is 8.36. The van der Waals surface area contributed by atoms with E-state index >= 15 is 0 Å². The zero-order chi connectivity index (χ0) is 15.2. The van der Waals surface area contributed by atoms with Crippen molar-refractivity contribution >= 4 is 0 Å². The van der Waals surface area contributed by atoms with Gasteiger partial charge in [0, 0.05) is 19.2 Å². The number of nitrogens with zero attached hydrogens (tertiary/aromatic N) is 2. The molecule has 21 heavy (non-hydrogen) atoms. The van der Waals surface area contributed by atoms with Crippen LogP contribution in [0.2, 0.25) is 0 Å². The lowest BCUT2D eigenvalue weighted by Gasteiger charge is -2.14. The Bertz CT molecular complexity index is 590. The maximum absolute atomic E-state index is 6.08. The Morgan fingerprint density at radius 3 is 2.76 bits per heavy atom. The maximum Gasteiger partial charge on any atom is 0.130 e. The van der Waals surface area contributed by atoms with Crippen molar-refractivity contribution in [1.29, 1.82) is 0 Å². The maximum atomic E-state index is 6.08. The largest absolute Gasteiger partial charge is 0.487 e. The van der Waals surface area contributed by atoms with E-state index in [0.29, 0.717) is 6.61 Å². The van der Waals surface area contributed by atoms with Crippen LogP contribution in [0.1, 0.15) is 35.9 Å². The number of hydrogen-bond donors (Lipinski definition) is 1. The highest BCUT2D eigenvalue weighted by Crippen LogP contribution is 2.24. The van der Waals surface area contributed by atoms with Crippen LogP contribution in [0.25, 0.3) is 0 Å². The van der Waals surface area contributed by atoms with Gasteiger partial charge in [0.25, 0.3) is 0 Å². The average Bonchev–Trinajstić information content (AvgIpc) is 2.76.